The Bertz CT molecular complexity index is 539. The van der Waals surface area contributed by atoms with Crippen LogP contribution in [0.15, 0.2) is 17.0 Å². The lowest BCUT2D eigenvalue weighted by molar-refractivity contribution is 0.681. The summed E-state index contributed by atoms with van der Waals surface area (Å²) in [5.41, 5.74) is 1.96. The maximum absolute atomic E-state index is 4.63. The third-order valence-corrected chi connectivity index (χ3v) is 3.73. The molecule has 0 aliphatic rings. The fourth-order valence-corrected chi connectivity index (χ4v) is 2.59. The van der Waals surface area contributed by atoms with Crippen LogP contribution >= 0.6 is 15.9 Å². The van der Waals surface area contributed by atoms with Crippen molar-refractivity contribution in [3.63, 3.8) is 0 Å². The van der Waals surface area contributed by atoms with E-state index in [1.54, 1.807) is 0 Å². The lowest BCUT2D eigenvalue weighted by Crippen LogP contribution is -2.05. The van der Waals surface area contributed by atoms with Crippen LogP contribution in [0.25, 0.3) is 11.5 Å². The van der Waals surface area contributed by atoms with E-state index in [1.807, 2.05) is 19.6 Å². The number of halogens is 1. The summed E-state index contributed by atoms with van der Waals surface area (Å²) >= 11 is 3.54. The van der Waals surface area contributed by atoms with E-state index in [1.165, 1.54) is 0 Å². The van der Waals surface area contributed by atoms with E-state index in [9.17, 15) is 0 Å². The van der Waals surface area contributed by atoms with Crippen LogP contribution in [0.3, 0.4) is 0 Å². The van der Waals surface area contributed by atoms with E-state index in [2.05, 4.69) is 54.6 Å². The molecule has 6 heteroatoms. The predicted molar refractivity (Wildman–Crippen MR) is 80.2 cm³/mol. The molecule has 0 aliphatic carbocycles. The van der Waals surface area contributed by atoms with E-state index in [0.29, 0.717) is 0 Å². The summed E-state index contributed by atoms with van der Waals surface area (Å²) < 4.78 is 3.02. The normalized spacial score (nSPS) is 10.7. The number of hydrogen-bond donors (Lipinski definition) is 1. The van der Waals surface area contributed by atoms with Crippen molar-refractivity contribution in [2.45, 2.75) is 33.2 Å². The minimum absolute atomic E-state index is 0.718. The standard InChI is InChI=1S/C13H18BrN5/c1-4-6-19-8-16-7-10(19)12-17-9(5-2)11(14)13(15-3)18-12/h7-8H,4-6H2,1-3H3,(H,15,17,18). The van der Waals surface area contributed by atoms with E-state index in [-0.39, 0.29) is 0 Å². The van der Waals surface area contributed by atoms with Gasteiger partial charge in [0.2, 0.25) is 0 Å². The van der Waals surface area contributed by atoms with Crippen molar-refractivity contribution in [2.75, 3.05) is 12.4 Å². The van der Waals surface area contributed by atoms with Crippen LogP contribution in [0.1, 0.15) is 26.0 Å². The summed E-state index contributed by atoms with van der Waals surface area (Å²) in [5, 5.41) is 3.10. The Morgan fingerprint density at radius 1 is 1.32 bits per heavy atom. The van der Waals surface area contributed by atoms with Gasteiger partial charge in [-0.2, -0.15) is 0 Å². The molecule has 0 spiro atoms. The first-order valence-corrected chi connectivity index (χ1v) is 7.25. The Balaban J connectivity index is 2.52. The first-order chi connectivity index (χ1) is 9.21. The van der Waals surface area contributed by atoms with Crippen LogP contribution in [0.4, 0.5) is 5.82 Å². The number of anilines is 1. The van der Waals surface area contributed by atoms with Crippen LogP contribution in [-0.2, 0) is 13.0 Å². The highest BCUT2D eigenvalue weighted by Gasteiger charge is 2.14. The number of rotatable bonds is 5. The molecule has 0 saturated heterocycles. The Labute approximate surface area is 121 Å². The minimum Gasteiger partial charge on any atom is -0.372 e. The molecular weight excluding hydrogens is 306 g/mol. The summed E-state index contributed by atoms with van der Waals surface area (Å²) in [6, 6.07) is 0. The first kappa shape index (κ1) is 14.0. The summed E-state index contributed by atoms with van der Waals surface area (Å²) in [4.78, 5) is 13.4. The molecule has 0 atom stereocenters. The average Bonchev–Trinajstić information content (AvgIpc) is 2.88. The van der Waals surface area contributed by atoms with Crippen LogP contribution in [0, 0.1) is 0 Å². The molecule has 2 aromatic rings. The van der Waals surface area contributed by atoms with Crippen molar-refractivity contribution < 1.29 is 0 Å². The van der Waals surface area contributed by atoms with Gasteiger partial charge in [0.05, 0.1) is 22.7 Å². The van der Waals surface area contributed by atoms with E-state index in [4.69, 9.17) is 0 Å². The zero-order valence-corrected chi connectivity index (χ0v) is 13.0. The van der Waals surface area contributed by atoms with Crippen molar-refractivity contribution in [3.05, 3.63) is 22.7 Å². The van der Waals surface area contributed by atoms with E-state index in [0.717, 1.165) is 46.9 Å². The summed E-state index contributed by atoms with van der Waals surface area (Å²) in [6.45, 7) is 5.15. The zero-order chi connectivity index (χ0) is 13.8. The second-order valence-electron chi connectivity index (χ2n) is 4.23. The van der Waals surface area contributed by atoms with Crippen molar-refractivity contribution in [3.8, 4) is 11.5 Å². The highest BCUT2D eigenvalue weighted by Crippen LogP contribution is 2.27. The fourth-order valence-electron chi connectivity index (χ4n) is 1.93. The van der Waals surface area contributed by atoms with Crippen molar-refractivity contribution >= 4 is 21.7 Å². The van der Waals surface area contributed by atoms with Gasteiger partial charge in [-0.1, -0.05) is 13.8 Å². The van der Waals surface area contributed by atoms with Gasteiger partial charge in [0, 0.05) is 13.6 Å². The third kappa shape index (κ3) is 2.78. The Morgan fingerprint density at radius 3 is 2.74 bits per heavy atom. The third-order valence-electron chi connectivity index (χ3n) is 2.90. The van der Waals surface area contributed by atoms with Gasteiger partial charge < -0.3 is 9.88 Å². The Kier molecular flexibility index (Phi) is 4.52. The maximum atomic E-state index is 4.63. The second-order valence-corrected chi connectivity index (χ2v) is 5.03. The van der Waals surface area contributed by atoms with Gasteiger partial charge >= 0.3 is 0 Å². The number of aryl methyl sites for hydroxylation is 2. The fraction of sp³-hybridized carbons (Fsp3) is 0.462. The topological polar surface area (TPSA) is 55.6 Å². The molecule has 5 nitrogen and oxygen atoms in total. The number of nitrogens with zero attached hydrogens (tertiary/aromatic N) is 4. The van der Waals surface area contributed by atoms with Crippen molar-refractivity contribution in [1.82, 2.24) is 19.5 Å². The van der Waals surface area contributed by atoms with Crippen molar-refractivity contribution in [1.29, 1.82) is 0 Å². The summed E-state index contributed by atoms with van der Waals surface area (Å²) in [5.74, 6) is 1.53. The second kappa shape index (κ2) is 6.14. The van der Waals surface area contributed by atoms with Crippen LogP contribution < -0.4 is 5.32 Å². The number of imidazole rings is 1. The van der Waals surface area contributed by atoms with E-state index >= 15 is 0 Å². The highest BCUT2D eigenvalue weighted by atomic mass is 79.9. The lowest BCUT2D eigenvalue weighted by atomic mass is 10.3. The molecule has 0 aliphatic heterocycles. The number of aromatic nitrogens is 4. The van der Waals surface area contributed by atoms with Crippen molar-refractivity contribution in [2.24, 2.45) is 0 Å². The van der Waals surface area contributed by atoms with Gasteiger partial charge in [0.15, 0.2) is 5.82 Å². The van der Waals surface area contributed by atoms with Gasteiger partial charge in [-0.3, -0.25) is 0 Å². The molecule has 2 rings (SSSR count). The molecule has 0 bridgehead atoms. The number of nitrogens with one attached hydrogen (secondary N) is 1. The molecule has 19 heavy (non-hydrogen) atoms. The Morgan fingerprint density at radius 2 is 2.11 bits per heavy atom. The number of hydrogen-bond acceptors (Lipinski definition) is 4. The molecular formula is C13H18BrN5. The van der Waals surface area contributed by atoms with E-state index < -0.39 is 0 Å². The van der Waals surface area contributed by atoms with Crippen LogP contribution in [0.2, 0.25) is 0 Å². The molecule has 2 heterocycles. The van der Waals surface area contributed by atoms with Crippen LogP contribution in [-0.4, -0.2) is 26.6 Å². The molecule has 0 radical (unpaired) electrons. The average molecular weight is 324 g/mol. The summed E-state index contributed by atoms with van der Waals surface area (Å²) in [7, 11) is 1.86. The Hall–Kier alpha value is -1.43. The quantitative estimate of drug-likeness (QED) is 0.918. The molecule has 1 N–H and O–H groups in total. The molecule has 0 amide bonds. The minimum atomic E-state index is 0.718. The molecule has 0 saturated carbocycles. The van der Waals surface area contributed by atoms with Gasteiger partial charge in [0.1, 0.15) is 11.5 Å². The van der Waals surface area contributed by atoms with Gasteiger partial charge in [-0.15, -0.1) is 0 Å². The monoisotopic (exact) mass is 323 g/mol. The first-order valence-electron chi connectivity index (χ1n) is 6.45. The highest BCUT2D eigenvalue weighted by molar-refractivity contribution is 9.10. The lowest BCUT2D eigenvalue weighted by Gasteiger charge is -2.11. The summed E-state index contributed by atoms with van der Waals surface area (Å²) in [6.07, 6.45) is 5.55. The van der Waals surface area contributed by atoms with Gasteiger partial charge in [0.25, 0.3) is 0 Å². The SMILES string of the molecule is CCCn1cncc1-c1nc(CC)c(Br)c(NC)n1. The molecule has 0 fully saturated rings. The van der Waals surface area contributed by atoms with Gasteiger partial charge in [-0.25, -0.2) is 15.0 Å². The molecule has 2 aromatic heterocycles. The molecule has 0 aromatic carbocycles. The van der Waals surface area contributed by atoms with Crippen LogP contribution in [0.5, 0.6) is 0 Å². The molecule has 0 unspecified atom stereocenters. The van der Waals surface area contributed by atoms with Gasteiger partial charge in [-0.05, 0) is 28.8 Å². The largest absolute Gasteiger partial charge is 0.372 e. The zero-order valence-electron chi connectivity index (χ0n) is 11.4. The smallest absolute Gasteiger partial charge is 0.180 e. The maximum Gasteiger partial charge on any atom is 0.180 e. The molecule has 102 valence electrons. The predicted octanol–water partition coefficient (Wildman–Crippen LogP) is 3.12.